The minimum Gasteiger partial charge on any atom is -0.472 e. The number of likely N-dealkylation sites (tertiary alicyclic amines) is 1. The zero-order chi connectivity index (χ0) is 40.1. The van der Waals surface area contributed by atoms with Crippen LogP contribution in [0, 0.1) is 18.3 Å². The third-order valence-electron chi connectivity index (χ3n) is 10.8. The molecule has 302 valence electrons. The van der Waals surface area contributed by atoms with E-state index in [0.717, 1.165) is 50.5 Å². The normalized spacial score (nSPS) is 20.5. The van der Waals surface area contributed by atoms with Crippen LogP contribution < -0.4 is 26.0 Å². The minimum absolute atomic E-state index is 0.00482. The number of anilines is 1. The van der Waals surface area contributed by atoms with E-state index in [1.807, 2.05) is 52.8 Å². The number of fused-ring (bicyclic) bond motifs is 1. The molecule has 4 amide bonds. The summed E-state index contributed by atoms with van der Waals surface area (Å²) in [5.41, 5.74) is 1.51. The highest BCUT2D eigenvalue weighted by Gasteiger charge is 2.47. The summed E-state index contributed by atoms with van der Waals surface area (Å²) in [5, 5.41) is 12.3. The maximum Gasteiger partial charge on any atom is 0.296 e. The molecule has 0 bridgehead atoms. The van der Waals surface area contributed by atoms with Crippen LogP contribution in [-0.2, 0) is 24.0 Å². The number of oxazole rings is 1. The molecule has 5 atom stereocenters. The van der Waals surface area contributed by atoms with Crippen molar-refractivity contribution >= 4 is 58.1 Å². The molecule has 1 saturated heterocycles. The molecule has 56 heavy (non-hydrogen) atoms. The molecule has 3 heterocycles. The number of nitrogens with zero attached hydrogens (tertiary/aromatic N) is 3. The Morgan fingerprint density at radius 2 is 1.77 bits per heavy atom. The summed E-state index contributed by atoms with van der Waals surface area (Å²) in [6.07, 6.45) is 7.94. The van der Waals surface area contributed by atoms with Gasteiger partial charge in [0, 0.05) is 24.7 Å². The lowest BCUT2D eigenvalue weighted by Crippen LogP contribution is -2.61. The second-order valence-electron chi connectivity index (χ2n) is 16.6. The molecule has 2 aromatic heterocycles. The maximum absolute atomic E-state index is 14.8. The van der Waals surface area contributed by atoms with Gasteiger partial charge in [-0.1, -0.05) is 71.0 Å². The van der Waals surface area contributed by atoms with Gasteiger partial charge in [0.25, 0.3) is 11.9 Å². The van der Waals surface area contributed by atoms with Crippen LogP contribution in [0.3, 0.4) is 0 Å². The number of hydrogen-bond acceptors (Lipinski definition) is 10. The van der Waals surface area contributed by atoms with Crippen LogP contribution in [0.5, 0.6) is 5.88 Å². The summed E-state index contributed by atoms with van der Waals surface area (Å²) in [6, 6.07) is 5.18. The maximum atomic E-state index is 14.8. The van der Waals surface area contributed by atoms with Gasteiger partial charge in [0.2, 0.25) is 29.4 Å². The number of hydrogen-bond donors (Lipinski definition) is 4. The molecule has 0 radical (unpaired) electrons. The van der Waals surface area contributed by atoms with E-state index in [9.17, 15) is 24.0 Å². The van der Waals surface area contributed by atoms with E-state index in [0.29, 0.717) is 22.5 Å². The number of ether oxygens (including phenoxy) is 1. The first kappa shape index (κ1) is 40.9. The Hall–Kier alpha value is -4.72. The largest absolute Gasteiger partial charge is 0.472 e. The van der Waals surface area contributed by atoms with Crippen LogP contribution in [-0.4, -0.2) is 87.1 Å². The molecule has 3 aliphatic rings. The van der Waals surface area contributed by atoms with Gasteiger partial charge >= 0.3 is 0 Å². The molecule has 1 aromatic carbocycles. The third kappa shape index (κ3) is 10.2. The molecule has 15 heteroatoms. The monoisotopic (exact) mass is 791 g/mol. The first-order valence-corrected chi connectivity index (χ1v) is 20.3. The molecular weight excluding hydrogens is 738 g/mol. The van der Waals surface area contributed by atoms with Gasteiger partial charge in [-0.05, 0) is 74.1 Å². The zero-order valence-electron chi connectivity index (χ0n) is 32.9. The Kier molecular flexibility index (Phi) is 12.9. The number of nitrogens with one attached hydrogen (secondary N) is 4. The van der Waals surface area contributed by atoms with Crippen LogP contribution in [0.15, 0.2) is 40.9 Å². The number of benzene rings is 1. The average molecular weight is 792 g/mol. The Bertz CT molecular complexity index is 1900. The van der Waals surface area contributed by atoms with Gasteiger partial charge in [0.05, 0.1) is 17.6 Å². The van der Waals surface area contributed by atoms with Crippen molar-refractivity contribution in [2.75, 3.05) is 11.9 Å². The standard InChI is InChI=1S/C41H54ClN7O7/c1-6-10-28(34(50)38(53)44-26-15-16-26)45-36(51)30-20-27(55-32-18-14-25(42)21-43-32)22-49(30)39(54)35(41(3,4)5)48-37(52)33(24-11-8-7-9-12-24)47-40-46-29-19-23(2)13-17-31(29)56-40/h13-14,17-19,21,24,26-28,30,33,35H,6-12,15-16,20,22H2,1-5H3,(H,44,53)(H,45,51)(H,46,47)(H,48,52)/t27?,28?,30-,33+,35+/m1/s1. The number of ketones is 1. The molecule has 3 aromatic rings. The number of aromatic nitrogens is 2. The van der Waals surface area contributed by atoms with E-state index in [4.69, 9.17) is 20.8 Å². The van der Waals surface area contributed by atoms with Crippen LogP contribution in [0.2, 0.25) is 5.02 Å². The summed E-state index contributed by atoms with van der Waals surface area (Å²) in [7, 11) is 0. The molecule has 0 spiro atoms. The quantitative estimate of drug-likeness (QED) is 0.148. The average Bonchev–Trinajstić information content (AvgIpc) is 3.73. The van der Waals surface area contributed by atoms with Gasteiger partial charge in [0.1, 0.15) is 29.7 Å². The number of amides is 4. The Morgan fingerprint density at radius 1 is 1.02 bits per heavy atom. The molecule has 14 nitrogen and oxygen atoms in total. The lowest BCUT2D eigenvalue weighted by Gasteiger charge is -2.37. The SMILES string of the molecule is CCCC(NC(=O)[C@H]1CC(Oc2ccc(Cl)cn2)CN1C(=O)[C@H](NC(=O)[C@@H](Nc1nc2cc(C)ccc2o1)C1CCCCC1)C(C)(C)C)C(=O)C(=O)NC1CC1. The number of rotatable bonds is 15. The van der Waals surface area contributed by atoms with Gasteiger partial charge in [-0.3, -0.25) is 24.0 Å². The molecule has 2 aliphatic carbocycles. The highest BCUT2D eigenvalue weighted by molar-refractivity contribution is 6.38. The van der Waals surface area contributed by atoms with Crippen molar-refractivity contribution in [3.8, 4) is 5.88 Å². The second kappa shape index (κ2) is 17.6. The topological polar surface area (TPSA) is 185 Å². The van der Waals surface area contributed by atoms with Gasteiger partial charge in [-0.2, -0.15) is 4.98 Å². The Morgan fingerprint density at radius 3 is 2.43 bits per heavy atom. The van der Waals surface area contributed by atoms with Crippen LogP contribution in [0.4, 0.5) is 6.01 Å². The van der Waals surface area contributed by atoms with Gasteiger partial charge in [0.15, 0.2) is 5.58 Å². The van der Waals surface area contributed by atoms with Crippen molar-refractivity contribution in [2.45, 2.75) is 135 Å². The fourth-order valence-electron chi connectivity index (χ4n) is 7.59. The van der Waals surface area contributed by atoms with E-state index in [1.54, 1.807) is 12.1 Å². The van der Waals surface area contributed by atoms with Gasteiger partial charge < -0.3 is 35.3 Å². The van der Waals surface area contributed by atoms with Crippen molar-refractivity contribution in [3.63, 3.8) is 0 Å². The molecule has 4 N–H and O–H groups in total. The number of halogens is 1. The lowest BCUT2D eigenvalue weighted by atomic mass is 9.82. The molecule has 1 aliphatic heterocycles. The predicted octanol–water partition coefficient (Wildman–Crippen LogP) is 5.26. The van der Waals surface area contributed by atoms with Crippen LogP contribution >= 0.6 is 11.6 Å². The first-order valence-electron chi connectivity index (χ1n) is 19.9. The summed E-state index contributed by atoms with van der Waals surface area (Å²) < 4.78 is 12.2. The van der Waals surface area contributed by atoms with Crippen molar-refractivity contribution in [3.05, 3.63) is 47.1 Å². The summed E-state index contributed by atoms with van der Waals surface area (Å²) >= 11 is 6.04. The van der Waals surface area contributed by atoms with E-state index in [1.165, 1.54) is 11.1 Å². The number of carbonyl (C=O) groups excluding carboxylic acids is 5. The summed E-state index contributed by atoms with van der Waals surface area (Å²) in [6.45, 7) is 9.40. The number of aryl methyl sites for hydroxylation is 1. The van der Waals surface area contributed by atoms with Gasteiger partial charge in [-0.15, -0.1) is 0 Å². The zero-order valence-corrected chi connectivity index (χ0v) is 33.6. The highest BCUT2D eigenvalue weighted by atomic mass is 35.5. The molecule has 2 saturated carbocycles. The van der Waals surface area contributed by atoms with Crippen molar-refractivity contribution in [2.24, 2.45) is 11.3 Å². The Balaban J connectivity index is 1.25. The highest BCUT2D eigenvalue weighted by Crippen LogP contribution is 2.32. The second-order valence-corrected chi connectivity index (χ2v) is 17.0. The van der Waals surface area contributed by atoms with Crippen molar-refractivity contribution in [1.82, 2.24) is 30.8 Å². The number of carbonyl (C=O) groups is 5. The smallest absolute Gasteiger partial charge is 0.296 e. The molecule has 6 rings (SSSR count). The summed E-state index contributed by atoms with van der Waals surface area (Å²) in [5.74, 6) is -2.67. The Labute approximate surface area is 332 Å². The molecule has 3 fully saturated rings. The van der Waals surface area contributed by atoms with Gasteiger partial charge in [-0.25, -0.2) is 4.98 Å². The number of pyridine rings is 1. The fraction of sp³-hybridized carbons (Fsp3) is 0.585. The lowest BCUT2D eigenvalue weighted by molar-refractivity contribution is -0.145. The molecule has 2 unspecified atom stereocenters. The van der Waals surface area contributed by atoms with E-state index in [-0.39, 0.29) is 49.1 Å². The first-order chi connectivity index (χ1) is 26.7. The van der Waals surface area contributed by atoms with Crippen molar-refractivity contribution in [1.29, 1.82) is 0 Å². The minimum atomic E-state index is -1.07. The summed E-state index contributed by atoms with van der Waals surface area (Å²) in [4.78, 5) is 79.7. The number of Topliss-reactive ketones (excluding diaryl/α,β-unsaturated/α-hetero) is 1. The van der Waals surface area contributed by atoms with Crippen LogP contribution in [0.25, 0.3) is 11.1 Å². The molecular formula is C41H54ClN7O7. The predicted molar refractivity (Wildman–Crippen MR) is 211 cm³/mol. The van der Waals surface area contributed by atoms with Crippen LogP contribution in [0.1, 0.15) is 97.5 Å². The van der Waals surface area contributed by atoms with Crippen molar-refractivity contribution < 1.29 is 33.1 Å². The van der Waals surface area contributed by atoms with E-state index < -0.39 is 59.2 Å². The van der Waals surface area contributed by atoms with E-state index >= 15 is 0 Å². The van der Waals surface area contributed by atoms with E-state index in [2.05, 4.69) is 31.2 Å². The fourth-order valence-corrected chi connectivity index (χ4v) is 7.70. The third-order valence-corrected chi connectivity index (χ3v) is 11.0.